The number of aryl methyl sites for hydroxylation is 2. The lowest BCUT2D eigenvalue weighted by Crippen LogP contribution is -2.33. The second kappa shape index (κ2) is 8.78. The SMILES string of the molecule is CCOC(=O)C1CCN(C(=O)c2ccc(-n3ccc(C)n3)cc2C)c2ccccc2C1=O. The zero-order valence-electron chi connectivity index (χ0n) is 18.4. The van der Waals surface area contributed by atoms with Gasteiger partial charge in [-0.3, -0.25) is 14.4 Å². The van der Waals surface area contributed by atoms with Gasteiger partial charge in [0.05, 0.1) is 23.7 Å². The molecular formula is C25H25N3O4. The van der Waals surface area contributed by atoms with Crippen molar-refractivity contribution >= 4 is 23.3 Å². The third kappa shape index (κ3) is 3.93. The molecule has 0 fully saturated rings. The van der Waals surface area contributed by atoms with E-state index in [0.717, 1.165) is 16.9 Å². The minimum atomic E-state index is -0.916. The van der Waals surface area contributed by atoms with E-state index in [1.807, 2.05) is 38.2 Å². The fourth-order valence-corrected chi connectivity index (χ4v) is 4.03. The molecule has 2 aromatic carbocycles. The Morgan fingerprint density at radius 1 is 1.12 bits per heavy atom. The first kappa shape index (κ1) is 21.5. The van der Waals surface area contributed by atoms with Gasteiger partial charge in [0.25, 0.3) is 5.91 Å². The molecule has 0 bridgehead atoms. The van der Waals surface area contributed by atoms with Gasteiger partial charge in [-0.15, -0.1) is 0 Å². The Hall–Kier alpha value is -3.74. The summed E-state index contributed by atoms with van der Waals surface area (Å²) < 4.78 is 6.87. The lowest BCUT2D eigenvalue weighted by Gasteiger charge is -2.23. The van der Waals surface area contributed by atoms with Gasteiger partial charge in [0.1, 0.15) is 5.92 Å². The van der Waals surface area contributed by atoms with Crippen molar-refractivity contribution in [3.05, 3.63) is 77.1 Å². The quantitative estimate of drug-likeness (QED) is 0.462. The van der Waals surface area contributed by atoms with Crippen LogP contribution in [0.25, 0.3) is 5.69 Å². The van der Waals surface area contributed by atoms with Crippen LogP contribution >= 0.6 is 0 Å². The third-order valence-corrected chi connectivity index (χ3v) is 5.66. The standard InChI is InChI=1S/C25H25N3O4/c1-4-32-25(31)21-12-13-27(22-8-6-5-7-20(22)23(21)29)24(30)19-10-9-18(15-16(19)2)28-14-11-17(3)26-28/h5-11,14-15,21H,4,12-13H2,1-3H3. The molecule has 0 saturated carbocycles. The average molecular weight is 431 g/mol. The molecule has 0 saturated heterocycles. The van der Waals surface area contributed by atoms with Crippen LogP contribution in [0.15, 0.2) is 54.7 Å². The number of ether oxygens (including phenoxy) is 1. The summed E-state index contributed by atoms with van der Waals surface area (Å²) in [5.74, 6) is -1.98. The van der Waals surface area contributed by atoms with E-state index in [9.17, 15) is 14.4 Å². The molecule has 1 aromatic heterocycles. The van der Waals surface area contributed by atoms with Crippen molar-refractivity contribution in [1.82, 2.24) is 9.78 Å². The highest BCUT2D eigenvalue weighted by molar-refractivity contribution is 6.16. The van der Waals surface area contributed by atoms with Crippen LogP contribution in [-0.2, 0) is 9.53 Å². The fourth-order valence-electron chi connectivity index (χ4n) is 4.03. The van der Waals surface area contributed by atoms with Gasteiger partial charge >= 0.3 is 5.97 Å². The second-order valence-electron chi connectivity index (χ2n) is 7.83. The molecule has 7 heteroatoms. The smallest absolute Gasteiger partial charge is 0.316 e. The Bertz CT molecular complexity index is 1200. The molecule has 1 aliphatic heterocycles. The van der Waals surface area contributed by atoms with Gasteiger partial charge in [-0.2, -0.15) is 5.10 Å². The van der Waals surface area contributed by atoms with Gasteiger partial charge in [-0.1, -0.05) is 12.1 Å². The van der Waals surface area contributed by atoms with E-state index in [4.69, 9.17) is 4.74 Å². The number of hydrogen-bond acceptors (Lipinski definition) is 5. The molecule has 1 unspecified atom stereocenters. The van der Waals surface area contributed by atoms with Gasteiger partial charge < -0.3 is 9.64 Å². The monoisotopic (exact) mass is 431 g/mol. The summed E-state index contributed by atoms with van der Waals surface area (Å²) in [4.78, 5) is 40.6. The lowest BCUT2D eigenvalue weighted by atomic mass is 9.95. The van der Waals surface area contributed by atoms with Crippen molar-refractivity contribution in [3.8, 4) is 5.69 Å². The highest BCUT2D eigenvalue weighted by Crippen LogP contribution is 2.31. The zero-order chi connectivity index (χ0) is 22.8. The molecule has 7 nitrogen and oxygen atoms in total. The number of carbonyl (C=O) groups excluding carboxylic acids is 3. The molecule has 164 valence electrons. The van der Waals surface area contributed by atoms with Gasteiger partial charge in [0.15, 0.2) is 5.78 Å². The van der Waals surface area contributed by atoms with Crippen molar-refractivity contribution in [1.29, 1.82) is 0 Å². The Balaban J connectivity index is 1.69. The number of nitrogens with zero attached hydrogens (tertiary/aromatic N) is 3. The molecule has 0 N–H and O–H groups in total. The number of ketones is 1. The van der Waals surface area contributed by atoms with Crippen molar-refractivity contribution in [2.24, 2.45) is 5.92 Å². The van der Waals surface area contributed by atoms with Crippen molar-refractivity contribution < 1.29 is 19.1 Å². The highest BCUT2D eigenvalue weighted by Gasteiger charge is 2.36. The predicted octanol–water partition coefficient (Wildman–Crippen LogP) is 3.90. The maximum Gasteiger partial charge on any atom is 0.316 e. The number of esters is 1. The van der Waals surface area contributed by atoms with E-state index in [0.29, 0.717) is 16.8 Å². The molecule has 1 amide bonds. The maximum atomic E-state index is 13.6. The topological polar surface area (TPSA) is 81.5 Å². The number of hydrogen-bond donors (Lipinski definition) is 0. The molecule has 4 rings (SSSR count). The number of Topliss-reactive ketones (excluding diaryl/α,β-unsaturated/α-hetero) is 1. The van der Waals surface area contributed by atoms with E-state index in [1.165, 1.54) is 0 Å². The number of fused-ring (bicyclic) bond motifs is 1. The fraction of sp³-hybridized carbons (Fsp3) is 0.280. The Kier molecular flexibility index (Phi) is 5.90. The summed E-state index contributed by atoms with van der Waals surface area (Å²) >= 11 is 0. The number of benzene rings is 2. The number of para-hydroxylation sites is 1. The number of aromatic nitrogens is 2. The minimum absolute atomic E-state index is 0.203. The predicted molar refractivity (Wildman–Crippen MR) is 120 cm³/mol. The number of rotatable bonds is 4. The minimum Gasteiger partial charge on any atom is -0.465 e. The van der Waals surface area contributed by atoms with Crippen molar-refractivity contribution in [3.63, 3.8) is 0 Å². The Morgan fingerprint density at radius 3 is 2.59 bits per heavy atom. The average Bonchev–Trinajstić information content (AvgIpc) is 3.16. The first-order chi connectivity index (χ1) is 15.4. The molecule has 1 atom stereocenters. The first-order valence-corrected chi connectivity index (χ1v) is 10.7. The summed E-state index contributed by atoms with van der Waals surface area (Å²) in [6, 6.07) is 14.4. The van der Waals surface area contributed by atoms with Crippen LogP contribution < -0.4 is 4.90 Å². The van der Waals surface area contributed by atoms with Crippen LogP contribution in [-0.4, -0.2) is 40.6 Å². The van der Waals surface area contributed by atoms with E-state index in [-0.39, 0.29) is 31.3 Å². The van der Waals surface area contributed by atoms with Crippen LogP contribution in [0.5, 0.6) is 0 Å². The number of anilines is 1. The Morgan fingerprint density at radius 2 is 1.91 bits per heavy atom. The summed E-state index contributed by atoms with van der Waals surface area (Å²) in [6.07, 6.45) is 2.08. The molecule has 0 radical (unpaired) electrons. The largest absolute Gasteiger partial charge is 0.465 e. The highest BCUT2D eigenvalue weighted by atomic mass is 16.5. The third-order valence-electron chi connectivity index (χ3n) is 5.66. The van der Waals surface area contributed by atoms with E-state index in [1.54, 1.807) is 46.8 Å². The van der Waals surface area contributed by atoms with Gasteiger partial charge in [-0.05, 0) is 69.2 Å². The van der Waals surface area contributed by atoms with Crippen LogP contribution in [0.1, 0.15) is 45.3 Å². The number of carbonyl (C=O) groups is 3. The van der Waals surface area contributed by atoms with Crippen LogP contribution in [0.4, 0.5) is 5.69 Å². The van der Waals surface area contributed by atoms with Crippen LogP contribution in [0.2, 0.25) is 0 Å². The summed E-state index contributed by atoms with van der Waals surface area (Å²) in [5, 5.41) is 4.42. The Labute approximate surface area is 186 Å². The molecule has 1 aliphatic rings. The normalized spacial score (nSPS) is 15.8. The second-order valence-corrected chi connectivity index (χ2v) is 7.83. The van der Waals surface area contributed by atoms with Crippen molar-refractivity contribution in [2.45, 2.75) is 27.2 Å². The molecule has 3 aromatic rings. The lowest BCUT2D eigenvalue weighted by molar-refractivity contribution is -0.146. The van der Waals surface area contributed by atoms with Gasteiger partial charge in [0.2, 0.25) is 0 Å². The van der Waals surface area contributed by atoms with E-state index in [2.05, 4.69) is 5.10 Å². The molecular weight excluding hydrogens is 406 g/mol. The van der Waals surface area contributed by atoms with E-state index < -0.39 is 11.9 Å². The molecule has 32 heavy (non-hydrogen) atoms. The van der Waals surface area contributed by atoms with Gasteiger partial charge in [0, 0.05) is 23.9 Å². The summed E-state index contributed by atoms with van der Waals surface area (Å²) in [6.45, 7) is 5.95. The maximum absolute atomic E-state index is 13.6. The summed E-state index contributed by atoms with van der Waals surface area (Å²) in [5.41, 5.74) is 3.98. The van der Waals surface area contributed by atoms with E-state index >= 15 is 0 Å². The van der Waals surface area contributed by atoms with Crippen molar-refractivity contribution in [2.75, 3.05) is 18.1 Å². The molecule has 2 heterocycles. The summed E-state index contributed by atoms with van der Waals surface area (Å²) in [7, 11) is 0. The number of amides is 1. The zero-order valence-corrected chi connectivity index (χ0v) is 18.4. The van der Waals surface area contributed by atoms with Gasteiger partial charge in [-0.25, -0.2) is 4.68 Å². The van der Waals surface area contributed by atoms with Crippen LogP contribution in [0, 0.1) is 19.8 Å². The molecule has 0 spiro atoms. The molecule has 0 aliphatic carbocycles. The first-order valence-electron chi connectivity index (χ1n) is 10.7. The van der Waals surface area contributed by atoms with Crippen LogP contribution in [0.3, 0.4) is 0 Å².